The van der Waals surface area contributed by atoms with Crippen LogP contribution >= 0.6 is 23.1 Å². The number of amides is 2. The Hall–Kier alpha value is -2.26. The van der Waals surface area contributed by atoms with Gasteiger partial charge in [-0.05, 0) is 11.3 Å². The number of hydrogen-bond donors (Lipinski definition) is 1. The number of hydrogen-bond acceptors (Lipinski definition) is 7. The van der Waals surface area contributed by atoms with Gasteiger partial charge in [0.15, 0.2) is 4.34 Å². The highest BCUT2D eigenvalue weighted by Gasteiger charge is 2.25. The van der Waals surface area contributed by atoms with Crippen LogP contribution in [0.3, 0.4) is 0 Å². The second-order valence-corrected chi connectivity index (χ2v) is 7.73. The molecule has 0 spiro atoms. The number of carbonyl (C=O) groups is 2. The molecule has 130 valence electrons. The number of carbonyl (C=O) groups excluding carboxylic acids is 2. The summed E-state index contributed by atoms with van der Waals surface area (Å²) >= 11 is 2.90. The Bertz CT molecular complexity index is 791. The number of hydrazone groups is 1. The van der Waals surface area contributed by atoms with E-state index in [1.807, 2.05) is 37.3 Å². The van der Waals surface area contributed by atoms with Gasteiger partial charge in [0.05, 0.1) is 6.54 Å². The van der Waals surface area contributed by atoms with Crippen LogP contribution in [0, 0.1) is 0 Å². The van der Waals surface area contributed by atoms with Gasteiger partial charge in [0, 0.05) is 12.8 Å². The topological polar surface area (TPSA) is 87.6 Å². The van der Waals surface area contributed by atoms with Gasteiger partial charge in [0.2, 0.25) is 11.0 Å². The van der Waals surface area contributed by atoms with Crippen molar-refractivity contribution in [2.24, 2.45) is 5.10 Å². The Morgan fingerprint density at radius 1 is 1.28 bits per heavy atom. The molecule has 9 heteroatoms. The average Bonchev–Trinajstić information content (AvgIpc) is 3.05. The Morgan fingerprint density at radius 3 is 2.84 bits per heavy atom. The molecule has 0 unspecified atom stereocenters. The zero-order valence-corrected chi connectivity index (χ0v) is 15.3. The lowest BCUT2D eigenvalue weighted by atomic mass is 10.1. The van der Waals surface area contributed by atoms with Gasteiger partial charge in [-0.2, -0.15) is 5.10 Å². The fourth-order valence-electron chi connectivity index (χ4n) is 2.26. The monoisotopic (exact) mass is 375 g/mol. The fraction of sp³-hybridized carbons (Fsp3) is 0.312. The molecule has 1 aromatic heterocycles. The molecule has 2 amide bonds. The summed E-state index contributed by atoms with van der Waals surface area (Å²) in [7, 11) is 0. The lowest BCUT2D eigenvalue weighted by molar-refractivity contribution is -0.132. The molecule has 0 radical (unpaired) electrons. The minimum Gasteiger partial charge on any atom is -0.295 e. The maximum Gasteiger partial charge on any atom is 0.273 e. The maximum absolute atomic E-state index is 12.4. The van der Waals surface area contributed by atoms with E-state index >= 15 is 0 Å². The van der Waals surface area contributed by atoms with Crippen LogP contribution in [0.2, 0.25) is 0 Å². The number of anilines is 1. The highest BCUT2D eigenvalue weighted by Crippen LogP contribution is 2.25. The predicted octanol–water partition coefficient (Wildman–Crippen LogP) is 2.77. The third-order valence-corrected chi connectivity index (χ3v) is 5.29. The van der Waals surface area contributed by atoms with Crippen molar-refractivity contribution in [2.75, 3.05) is 11.1 Å². The highest BCUT2D eigenvalue weighted by molar-refractivity contribution is 8.01. The average molecular weight is 375 g/mol. The van der Waals surface area contributed by atoms with Crippen LogP contribution in [0.1, 0.15) is 25.3 Å². The van der Waals surface area contributed by atoms with E-state index in [0.29, 0.717) is 23.8 Å². The van der Waals surface area contributed by atoms with Gasteiger partial charge in [-0.15, -0.1) is 10.2 Å². The standard InChI is InChI=1S/C16H17N5O2S2/c1-2-24-16-19-18-15(25-16)17-14(23)12-8-9-13(22)21(20-12)10-11-6-4-3-5-7-11/h3-7H,2,8-10H2,1H3,(H,17,18,23). The van der Waals surface area contributed by atoms with E-state index in [4.69, 9.17) is 0 Å². The predicted molar refractivity (Wildman–Crippen MR) is 98.6 cm³/mol. The van der Waals surface area contributed by atoms with E-state index in [2.05, 4.69) is 20.6 Å². The van der Waals surface area contributed by atoms with Crippen molar-refractivity contribution >= 4 is 45.8 Å². The number of nitrogens with zero attached hydrogens (tertiary/aromatic N) is 4. The van der Waals surface area contributed by atoms with Gasteiger partial charge in [0.25, 0.3) is 5.91 Å². The first-order chi connectivity index (χ1) is 12.2. The molecule has 1 aliphatic rings. The molecular weight excluding hydrogens is 358 g/mol. The molecule has 0 aliphatic carbocycles. The summed E-state index contributed by atoms with van der Waals surface area (Å²) in [5.74, 6) is 0.471. The number of thioether (sulfide) groups is 1. The largest absolute Gasteiger partial charge is 0.295 e. The molecule has 1 aromatic carbocycles. The molecule has 0 bridgehead atoms. The van der Waals surface area contributed by atoms with E-state index in [1.54, 1.807) is 11.8 Å². The molecule has 2 heterocycles. The van der Waals surface area contributed by atoms with Crippen LogP contribution in [-0.4, -0.2) is 38.5 Å². The van der Waals surface area contributed by atoms with E-state index in [-0.39, 0.29) is 18.2 Å². The van der Waals surface area contributed by atoms with Crippen LogP contribution in [0.5, 0.6) is 0 Å². The summed E-state index contributed by atoms with van der Waals surface area (Å²) < 4.78 is 0.810. The van der Waals surface area contributed by atoms with E-state index in [1.165, 1.54) is 16.3 Å². The quantitative estimate of drug-likeness (QED) is 0.620. The lowest BCUT2D eigenvalue weighted by Crippen LogP contribution is -2.36. The molecule has 0 fully saturated rings. The Kier molecular flexibility index (Phi) is 5.77. The zero-order valence-electron chi connectivity index (χ0n) is 13.6. The fourth-order valence-corrected chi connectivity index (χ4v) is 3.90. The molecule has 2 aromatic rings. The summed E-state index contributed by atoms with van der Waals surface area (Å²) in [6.07, 6.45) is 0.595. The van der Waals surface area contributed by atoms with Crippen molar-refractivity contribution in [1.82, 2.24) is 15.2 Å². The van der Waals surface area contributed by atoms with Gasteiger partial charge in [-0.25, -0.2) is 5.01 Å². The maximum atomic E-state index is 12.4. The Morgan fingerprint density at radius 2 is 2.08 bits per heavy atom. The third kappa shape index (κ3) is 4.64. The van der Waals surface area contributed by atoms with Crippen LogP contribution in [0.25, 0.3) is 0 Å². The van der Waals surface area contributed by atoms with Gasteiger partial charge in [-0.1, -0.05) is 60.4 Å². The van der Waals surface area contributed by atoms with E-state index in [9.17, 15) is 9.59 Å². The molecule has 1 N–H and O–H groups in total. The van der Waals surface area contributed by atoms with Gasteiger partial charge in [0.1, 0.15) is 5.71 Å². The molecule has 25 heavy (non-hydrogen) atoms. The number of aromatic nitrogens is 2. The van der Waals surface area contributed by atoms with Gasteiger partial charge >= 0.3 is 0 Å². The Balaban J connectivity index is 1.68. The van der Waals surface area contributed by atoms with Crippen LogP contribution in [-0.2, 0) is 16.1 Å². The van der Waals surface area contributed by atoms with E-state index in [0.717, 1.165) is 15.7 Å². The first kappa shape index (κ1) is 17.6. The molecule has 7 nitrogen and oxygen atoms in total. The van der Waals surface area contributed by atoms with E-state index < -0.39 is 0 Å². The first-order valence-electron chi connectivity index (χ1n) is 7.85. The number of rotatable bonds is 6. The number of benzene rings is 1. The smallest absolute Gasteiger partial charge is 0.273 e. The first-order valence-corrected chi connectivity index (χ1v) is 9.65. The minimum absolute atomic E-state index is 0.0852. The van der Waals surface area contributed by atoms with Crippen LogP contribution in [0.15, 0.2) is 39.8 Å². The van der Waals surface area contributed by atoms with Gasteiger partial charge < -0.3 is 0 Å². The lowest BCUT2D eigenvalue weighted by Gasteiger charge is -2.23. The number of nitrogens with one attached hydrogen (secondary N) is 1. The third-order valence-electron chi connectivity index (χ3n) is 3.44. The SMILES string of the molecule is CCSc1nnc(NC(=O)C2=NN(Cc3ccccc3)C(=O)CC2)s1. The highest BCUT2D eigenvalue weighted by atomic mass is 32.2. The minimum atomic E-state index is -0.338. The summed E-state index contributed by atoms with van der Waals surface area (Å²) in [6, 6.07) is 9.57. The molecule has 0 saturated carbocycles. The van der Waals surface area contributed by atoms with Crippen molar-refractivity contribution in [3.63, 3.8) is 0 Å². The summed E-state index contributed by atoms with van der Waals surface area (Å²) in [5, 5.41) is 16.7. The molecule has 1 aliphatic heterocycles. The van der Waals surface area contributed by atoms with Gasteiger partial charge in [-0.3, -0.25) is 14.9 Å². The summed E-state index contributed by atoms with van der Waals surface area (Å²) in [6.45, 7) is 2.38. The molecular formula is C16H17N5O2S2. The van der Waals surface area contributed by atoms with Crippen LogP contribution in [0.4, 0.5) is 5.13 Å². The zero-order chi connectivity index (χ0) is 17.6. The van der Waals surface area contributed by atoms with Crippen molar-refractivity contribution in [2.45, 2.75) is 30.6 Å². The van der Waals surface area contributed by atoms with Crippen molar-refractivity contribution in [3.8, 4) is 0 Å². The van der Waals surface area contributed by atoms with Crippen LogP contribution < -0.4 is 5.32 Å². The second-order valence-electron chi connectivity index (χ2n) is 5.24. The van der Waals surface area contributed by atoms with Crippen molar-refractivity contribution in [1.29, 1.82) is 0 Å². The van der Waals surface area contributed by atoms with Crippen molar-refractivity contribution in [3.05, 3.63) is 35.9 Å². The summed E-state index contributed by atoms with van der Waals surface area (Å²) in [4.78, 5) is 24.5. The normalized spacial score (nSPS) is 14.4. The van der Waals surface area contributed by atoms with Crippen molar-refractivity contribution < 1.29 is 9.59 Å². The second kappa shape index (κ2) is 8.21. The molecule has 0 atom stereocenters. The summed E-state index contributed by atoms with van der Waals surface area (Å²) in [5.41, 5.74) is 1.29. The molecule has 0 saturated heterocycles. The Labute approximate surface area is 153 Å². The molecule has 3 rings (SSSR count).